The summed E-state index contributed by atoms with van der Waals surface area (Å²) >= 11 is 0. The van der Waals surface area contributed by atoms with Gasteiger partial charge in [0.15, 0.2) is 0 Å². The number of nitrogens with one attached hydrogen (secondary N) is 3. The van der Waals surface area contributed by atoms with Gasteiger partial charge in [0.1, 0.15) is 23.5 Å². The summed E-state index contributed by atoms with van der Waals surface area (Å²) in [5, 5.41) is 6.60. The van der Waals surface area contributed by atoms with Crippen LogP contribution >= 0.6 is 0 Å². The van der Waals surface area contributed by atoms with Crippen LogP contribution in [0, 0.1) is 5.92 Å². The van der Waals surface area contributed by atoms with E-state index in [-0.39, 0.29) is 23.6 Å². The smallest absolute Gasteiger partial charge is 0.270 e. The highest BCUT2D eigenvalue weighted by atomic mass is 16.5. The molecule has 0 radical (unpaired) electrons. The fourth-order valence-corrected chi connectivity index (χ4v) is 4.16. The van der Waals surface area contributed by atoms with Crippen LogP contribution < -0.4 is 10.6 Å². The first kappa shape index (κ1) is 22.0. The minimum atomic E-state index is -0.107. The van der Waals surface area contributed by atoms with Crippen LogP contribution in [0.4, 0.5) is 5.82 Å². The van der Waals surface area contributed by atoms with Gasteiger partial charge in [0.05, 0.1) is 18.6 Å². The zero-order valence-corrected chi connectivity index (χ0v) is 18.2. The molecule has 0 saturated carbocycles. The monoisotopic (exact) mass is 443 g/mol. The van der Waals surface area contributed by atoms with Gasteiger partial charge in [-0.15, -0.1) is 0 Å². The van der Waals surface area contributed by atoms with Crippen molar-refractivity contribution in [1.82, 2.24) is 30.1 Å². The molecule has 2 aromatic rings. The quantitative estimate of drug-likeness (QED) is 0.544. The van der Waals surface area contributed by atoms with Crippen molar-refractivity contribution in [2.24, 2.45) is 5.92 Å². The highest BCUT2D eigenvalue weighted by molar-refractivity contribution is 6.00. The summed E-state index contributed by atoms with van der Waals surface area (Å²) in [7, 11) is 0. The number of carbonyl (C=O) groups is 3. The number of carbonyl (C=O) groups excluding carboxylic acids is 3. The van der Waals surface area contributed by atoms with Gasteiger partial charge in [-0.25, -0.2) is 9.97 Å². The number of H-pyrrole nitrogens is 1. The number of nitrogens with zero attached hydrogens (tertiary/aromatic N) is 4. The third-order valence-corrected chi connectivity index (χ3v) is 5.90. The Labute approximate surface area is 185 Å². The molecule has 0 bridgehead atoms. The number of ether oxygens (including phenoxy) is 1. The van der Waals surface area contributed by atoms with E-state index in [0.717, 1.165) is 5.39 Å². The lowest BCUT2D eigenvalue weighted by Gasteiger charge is -2.35. The molecule has 11 heteroatoms. The Kier molecular flexibility index (Phi) is 6.84. The Morgan fingerprint density at radius 1 is 1.09 bits per heavy atom. The maximum atomic E-state index is 13.1. The molecule has 172 valence electrons. The Hall–Kier alpha value is -3.21. The van der Waals surface area contributed by atoms with Crippen molar-refractivity contribution in [3.05, 3.63) is 18.1 Å². The van der Waals surface area contributed by atoms with E-state index in [2.05, 4.69) is 25.6 Å². The lowest BCUT2D eigenvalue weighted by Crippen LogP contribution is -2.47. The van der Waals surface area contributed by atoms with Crippen molar-refractivity contribution in [2.75, 3.05) is 57.8 Å². The summed E-state index contributed by atoms with van der Waals surface area (Å²) in [5.41, 5.74) is 1.02. The molecule has 11 nitrogen and oxygen atoms in total. The first-order chi connectivity index (χ1) is 15.5. The maximum Gasteiger partial charge on any atom is 0.270 e. The Morgan fingerprint density at radius 3 is 2.56 bits per heavy atom. The van der Waals surface area contributed by atoms with Crippen LogP contribution in [0.25, 0.3) is 11.0 Å². The summed E-state index contributed by atoms with van der Waals surface area (Å²) in [4.78, 5) is 52.0. The van der Waals surface area contributed by atoms with Crippen LogP contribution in [0.15, 0.2) is 12.4 Å². The van der Waals surface area contributed by atoms with Gasteiger partial charge < -0.3 is 30.2 Å². The van der Waals surface area contributed by atoms with Gasteiger partial charge in [-0.2, -0.15) is 0 Å². The van der Waals surface area contributed by atoms with E-state index in [9.17, 15) is 14.4 Å². The Morgan fingerprint density at radius 2 is 1.84 bits per heavy atom. The van der Waals surface area contributed by atoms with Crippen molar-refractivity contribution in [2.45, 2.75) is 19.8 Å². The van der Waals surface area contributed by atoms with Gasteiger partial charge in [0, 0.05) is 52.1 Å². The second-order valence-electron chi connectivity index (χ2n) is 8.08. The number of aromatic amines is 1. The summed E-state index contributed by atoms with van der Waals surface area (Å²) < 4.78 is 5.32. The lowest BCUT2D eigenvalue weighted by atomic mass is 9.95. The third kappa shape index (κ3) is 4.98. The molecule has 0 spiro atoms. The highest BCUT2D eigenvalue weighted by Gasteiger charge is 2.31. The van der Waals surface area contributed by atoms with E-state index < -0.39 is 0 Å². The summed E-state index contributed by atoms with van der Waals surface area (Å²) in [6.45, 7) is 6.01. The van der Waals surface area contributed by atoms with Crippen LogP contribution in [0.2, 0.25) is 0 Å². The molecule has 2 aliphatic rings. The van der Waals surface area contributed by atoms with E-state index in [1.807, 2.05) is 4.90 Å². The van der Waals surface area contributed by atoms with Gasteiger partial charge in [0.2, 0.25) is 11.8 Å². The predicted octanol–water partition coefficient (Wildman–Crippen LogP) is 0.217. The Balaban J connectivity index is 1.36. The van der Waals surface area contributed by atoms with Gasteiger partial charge in [-0.05, 0) is 18.9 Å². The first-order valence-corrected chi connectivity index (χ1v) is 11.0. The van der Waals surface area contributed by atoms with Gasteiger partial charge in [-0.3, -0.25) is 14.4 Å². The van der Waals surface area contributed by atoms with Gasteiger partial charge in [-0.1, -0.05) is 0 Å². The standard InChI is InChI=1S/C21H29N7O4/c1-14(29)22-4-5-23-18-16-12-17(26-19(16)25-13-24-18)21(31)27-6-2-15(3-7-27)20(30)28-8-10-32-11-9-28/h12-13,15H,2-11H2,1H3,(H,22,29)(H2,23,24,25,26). The topological polar surface area (TPSA) is 133 Å². The van der Waals surface area contributed by atoms with E-state index in [1.165, 1.54) is 13.3 Å². The summed E-state index contributed by atoms with van der Waals surface area (Å²) in [6, 6.07) is 1.75. The number of piperidine rings is 1. The van der Waals surface area contributed by atoms with Crippen LogP contribution in [0.3, 0.4) is 0 Å². The van der Waals surface area contributed by atoms with Crippen molar-refractivity contribution in [3.63, 3.8) is 0 Å². The van der Waals surface area contributed by atoms with Gasteiger partial charge >= 0.3 is 0 Å². The molecule has 4 rings (SSSR count). The van der Waals surface area contributed by atoms with Crippen molar-refractivity contribution >= 4 is 34.6 Å². The SMILES string of the molecule is CC(=O)NCCNc1ncnc2[nH]c(C(=O)N3CCC(C(=O)N4CCOCC4)CC3)cc12. The average Bonchev–Trinajstić information content (AvgIpc) is 3.26. The molecule has 2 fully saturated rings. The second kappa shape index (κ2) is 9.94. The molecular formula is C21H29N7O4. The molecule has 32 heavy (non-hydrogen) atoms. The molecule has 3 amide bonds. The number of aromatic nitrogens is 3. The number of morpholine rings is 1. The molecular weight excluding hydrogens is 414 g/mol. The minimum absolute atomic E-state index is 0.0369. The zero-order chi connectivity index (χ0) is 22.5. The largest absolute Gasteiger partial charge is 0.378 e. The minimum Gasteiger partial charge on any atom is -0.378 e. The van der Waals surface area contributed by atoms with Crippen LogP contribution in [0.5, 0.6) is 0 Å². The number of anilines is 1. The van der Waals surface area contributed by atoms with E-state index in [4.69, 9.17) is 4.74 Å². The highest BCUT2D eigenvalue weighted by Crippen LogP contribution is 2.24. The maximum absolute atomic E-state index is 13.1. The summed E-state index contributed by atoms with van der Waals surface area (Å²) in [6.07, 6.45) is 2.76. The fraction of sp³-hybridized carbons (Fsp3) is 0.571. The van der Waals surface area contributed by atoms with E-state index in [0.29, 0.717) is 82.5 Å². The van der Waals surface area contributed by atoms with Crippen molar-refractivity contribution in [3.8, 4) is 0 Å². The third-order valence-electron chi connectivity index (χ3n) is 5.90. The summed E-state index contributed by atoms with van der Waals surface area (Å²) in [5.74, 6) is 0.543. The lowest BCUT2D eigenvalue weighted by molar-refractivity contribution is -0.141. The molecule has 2 aromatic heterocycles. The molecule has 0 aromatic carbocycles. The molecule has 0 aliphatic carbocycles. The predicted molar refractivity (Wildman–Crippen MR) is 117 cm³/mol. The number of hydrogen-bond acceptors (Lipinski definition) is 7. The number of rotatable bonds is 6. The van der Waals surface area contributed by atoms with E-state index >= 15 is 0 Å². The fourth-order valence-electron chi connectivity index (χ4n) is 4.16. The number of amides is 3. The molecule has 4 heterocycles. The number of fused-ring (bicyclic) bond motifs is 1. The molecule has 3 N–H and O–H groups in total. The average molecular weight is 444 g/mol. The molecule has 2 aliphatic heterocycles. The molecule has 0 atom stereocenters. The molecule has 2 saturated heterocycles. The second-order valence-corrected chi connectivity index (χ2v) is 8.08. The van der Waals surface area contributed by atoms with Crippen LogP contribution in [0.1, 0.15) is 30.3 Å². The number of hydrogen-bond donors (Lipinski definition) is 3. The molecule has 0 unspecified atom stereocenters. The van der Waals surface area contributed by atoms with Gasteiger partial charge in [0.25, 0.3) is 5.91 Å². The van der Waals surface area contributed by atoms with Crippen molar-refractivity contribution in [1.29, 1.82) is 0 Å². The zero-order valence-electron chi connectivity index (χ0n) is 18.2. The van der Waals surface area contributed by atoms with Crippen molar-refractivity contribution < 1.29 is 19.1 Å². The van der Waals surface area contributed by atoms with Crippen LogP contribution in [-0.2, 0) is 14.3 Å². The normalized spacial score (nSPS) is 17.4. The van der Waals surface area contributed by atoms with E-state index in [1.54, 1.807) is 11.0 Å². The van der Waals surface area contributed by atoms with Crippen LogP contribution in [-0.4, -0.2) is 95.0 Å². The number of likely N-dealkylation sites (tertiary alicyclic amines) is 1. The Bertz CT molecular complexity index is 978. The first-order valence-electron chi connectivity index (χ1n) is 11.0.